The third-order valence-electron chi connectivity index (χ3n) is 4.02. The molecule has 0 aliphatic rings. The number of aromatic nitrogens is 3. The number of nitrogen functional groups attached to an aromatic ring is 1. The highest BCUT2D eigenvalue weighted by Crippen LogP contribution is 2.25. The van der Waals surface area contributed by atoms with Crippen molar-refractivity contribution >= 4 is 17.7 Å². The van der Waals surface area contributed by atoms with Crippen LogP contribution in [0.1, 0.15) is 12.5 Å². The zero-order valence-corrected chi connectivity index (χ0v) is 16.2. The van der Waals surface area contributed by atoms with Crippen LogP contribution in [0.3, 0.4) is 0 Å². The molecular weight excluding hydrogens is 381 g/mol. The number of carbonyl (C=O) groups is 1. The van der Waals surface area contributed by atoms with Crippen LogP contribution in [0.15, 0.2) is 53.7 Å². The standard InChI is InChI=1S/C19H20FN5O2S/c1-12(18(26)22-11-13-6-8-16(27-2)9-7-13)28-19-24-23-17(25(19)21)14-4-3-5-15(20)10-14/h3-10,12H,11,21H2,1-2H3,(H,22,26)/t12-/m1/s1. The van der Waals surface area contributed by atoms with Crippen LogP contribution < -0.4 is 15.9 Å². The van der Waals surface area contributed by atoms with E-state index in [1.807, 2.05) is 24.3 Å². The Labute approximate surface area is 166 Å². The molecular formula is C19H20FN5O2S. The lowest BCUT2D eigenvalue weighted by Crippen LogP contribution is -2.30. The third kappa shape index (κ3) is 4.61. The van der Waals surface area contributed by atoms with Crippen molar-refractivity contribution in [1.29, 1.82) is 0 Å². The number of nitrogens with zero attached hydrogens (tertiary/aromatic N) is 3. The van der Waals surface area contributed by atoms with Crippen LogP contribution in [0.2, 0.25) is 0 Å². The molecule has 7 nitrogen and oxygen atoms in total. The van der Waals surface area contributed by atoms with Gasteiger partial charge in [-0.25, -0.2) is 9.07 Å². The Hall–Kier alpha value is -3.07. The topological polar surface area (TPSA) is 95.1 Å². The smallest absolute Gasteiger partial charge is 0.233 e. The first-order valence-electron chi connectivity index (χ1n) is 8.51. The Kier molecular flexibility index (Phi) is 6.15. The highest BCUT2D eigenvalue weighted by atomic mass is 32.2. The SMILES string of the molecule is COc1ccc(CNC(=O)[C@@H](C)Sc2nnc(-c3cccc(F)c3)n2N)cc1. The minimum atomic E-state index is -0.440. The lowest BCUT2D eigenvalue weighted by atomic mass is 10.2. The number of nitrogens with two attached hydrogens (primary N) is 1. The normalized spacial score (nSPS) is 11.8. The van der Waals surface area contributed by atoms with Gasteiger partial charge in [0.15, 0.2) is 5.82 Å². The molecule has 0 radical (unpaired) electrons. The maximum absolute atomic E-state index is 13.4. The minimum absolute atomic E-state index is 0.156. The zero-order chi connectivity index (χ0) is 20.1. The molecule has 0 fully saturated rings. The van der Waals surface area contributed by atoms with Crippen molar-refractivity contribution in [2.45, 2.75) is 23.9 Å². The highest BCUT2D eigenvalue weighted by Gasteiger charge is 2.20. The summed E-state index contributed by atoms with van der Waals surface area (Å²) in [6.07, 6.45) is 0. The van der Waals surface area contributed by atoms with Crippen LogP contribution >= 0.6 is 11.8 Å². The molecule has 0 saturated carbocycles. The van der Waals surface area contributed by atoms with Gasteiger partial charge in [-0.05, 0) is 36.8 Å². The van der Waals surface area contributed by atoms with Crippen molar-refractivity contribution < 1.29 is 13.9 Å². The van der Waals surface area contributed by atoms with Gasteiger partial charge in [-0.1, -0.05) is 36.0 Å². The second-order valence-corrected chi connectivity index (χ2v) is 7.32. The summed E-state index contributed by atoms with van der Waals surface area (Å²) < 4.78 is 19.8. The summed E-state index contributed by atoms with van der Waals surface area (Å²) in [7, 11) is 1.60. The van der Waals surface area contributed by atoms with Crippen molar-refractivity contribution in [1.82, 2.24) is 20.2 Å². The van der Waals surface area contributed by atoms with Gasteiger partial charge in [-0.2, -0.15) is 0 Å². The van der Waals surface area contributed by atoms with E-state index in [1.165, 1.54) is 28.6 Å². The Balaban J connectivity index is 1.60. The fraction of sp³-hybridized carbons (Fsp3) is 0.211. The van der Waals surface area contributed by atoms with E-state index < -0.39 is 5.25 Å². The molecule has 3 rings (SSSR count). The van der Waals surface area contributed by atoms with E-state index in [2.05, 4.69) is 15.5 Å². The Morgan fingerprint density at radius 1 is 1.29 bits per heavy atom. The lowest BCUT2D eigenvalue weighted by molar-refractivity contribution is -0.120. The first-order valence-corrected chi connectivity index (χ1v) is 9.39. The number of hydrogen-bond donors (Lipinski definition) is 2. The molecule has 3 aromatic rings. The summed E-state index contributed by atoms with van der Waals surface area (Å²) in [6, 6.07) is 13.4. The molecule has 0 unspecified atom stereocenters. The average molecular weight is 401 g/mol. The summed E-state index contributed by atoms with van der Waals surface area (Å²) in [4.78, 5) is 12.4. The fourth-order valence-corrected chi connectivity index (χ4v) is 3.26. The van der Waals surface area contributed by atoms with Crippen molar-refractivity contribution in [3.63, 3.8) is 0 Å². The molecule has 0 saturated heterocycles. The average Bonchev–Trinajstić information content (AvgIpc) is 3.06. The number of thioether (sulfide) groups is 1. The van der Waals surface area contributed by atoms with Crippen LogP contribution in [0.25, 0.3) is 11.4 Å². The van der Waals surface area contributed by atoms with Gasteiger partial charge in [0, 0.05) is 12.1 Å². The van der Waals surface area contributed by atoms with Gasteiger partial charge < -0.3 is 15.9 Å². The summed E-state index contributed by atoms with van der Waals surface area (Å²) in [5.74, 6) is 6.57. The van der Waals surface area contributed by atoms with Crippen molar-refractivity contribution in [3.8, 4) is 17.1 Å². The van der Waals surface area contributed by atoms with E-state index in [9.17, 15) is 9.18 Å². The van der Waals surface area contributed by atoms with Gasteiger partial charge in [0.1, 0.15) is 11.6 Å². The number of hydrogen-bond acceptors (Lipinski definition) is 6. The molecule has 9 heteroatoms. The van der Waals surface area contributed by atoms with Crippen LogP contribution in [-0.2, 0) is 11.3 Å². The predicted molar refractivity (Wildman–Crippen MR) is 106 cm³/mol. The number of methoxy groups -OCH3 is 1. The largest absolute Gasteiger partial charge is 0.497 e. The van der Waals surface area contributed by atoms with E-state index in [0.29, 0.717) is 23.1 Å². The minimum Gasteiger partial charge on any atom is -0.497 e. The van der Waals surface area contributed by atoms with Gasteiger partial charge in [-0.3, -0.25) is 4.79 Å². The second-order valence-electron chi connectivity index (χ2n) is 6.01. The second kappa shape index (κ2) is 8.75. The van der Waals surface area contributed by atoms with Crippen LogP contribution in [0.5, 0.6) is 5.75 Å². The van der Waals surface area contributed by atoms with E-state index >= 15 is 0 Å². The number of amides is 1. The number of benzene rings is 2. The Morgan fingerprint density at radius 2 is 2.04 bits per heavy atom. The number of halogens is 1. The van der Waals surface area contributed by atoms with Crippen LogP contribution in [0.4, 0.5) is 4.39 Å². The number of ether oxygens (including phenoxy) is 1. The lowest BCUT2D eigenvalue weighted by Gasteiger charge is -2.12. The van der Waals surface area contributed by atoms with Gasteiger partial charge >= 0.3 is 0 Å². The third-order valence-corrected chi connectivity index (χ3v) is 5.08. The first kappa shape index (κ1) is 19.7. The van der Waals surface area contributed by atoms with Crippen molar-refractivity contribution in [2.75, 3.05) is 13.0 Å². The monoisotopic (exact) mass is 401 g/mol. The van der Waals surface area contributed by atoms with Gasteiger partial charge in [-0.15, -0.1) is 10.2 Å². The molecule has 0 aliphatic heterocycles. The van der Waals surface area contributed by atoms with Crippen LogP contribution in [-0.4, -0.2) is 33.1 Å². The maximum atomic E-state index is 13.4. The molecule has 0 aliphatic carbocycles. The summed E-state index contributed by atoms with van der Waals surface area (Å²) in [5, 5.41) is 10.8. The molecule has 1 atom stereocenters. The molecule has 1 heterocycles. The molecule has 28 heavy (non-hydrogen) atoms. The van der Waals surface area contributed by atoms with Gasteiger partial charge in [0.05, 0.1) is 12.4 Å². The maximum Gasteiger partial charge on any atom is 0.233 e. The molecule has 0 spiro atoms. The predicted octanol–water partition coefficient (Wildman–Crippen LogP) is 2.60. The summed E-state index contributed by atoms with van der Waals surface area (Å²) in [6.45, 7) is 2.15. The molecule has 3 N–H and O–H groups in total. The Morgan fingerprint density at radius 3 is 2.71 bits per heavy atom. The molecule has 1 amide bonds. The van der Waals surface area contributed by atoms with Crippen molar-refractivity contribution in [3.05, 3.63) is 59.9 Å². The summed E-state index contributed by atoms with van der Waals surface area (Å²) >= 11 is 1.18. The first-order chi connectivity index (χ1) is 13.5. The van der Waals surface area contributed by atoms with E-state index in [-0.39, 0.29) is 11.7 Å². The molecule has 0 bridgehead atoms. The molecule has 146 valence electrons. The van der Waals surface area contributed by atoms with Gasteiger partial charge in [0.25, 0.3) is 0 Å². The number of carbonyl (C=O) groups excluding carboxylic acids is 1. The number of rotatable bonds is 7. The van der Waals surface area contributed by atoms with Crippen molar-refractivity contribution in [2.24, 2.45) is 0 Å². The molecule has 1 aromatic heterocycles. The zero-order valence-electron chi connectivity index (χ0n) is 15.4. The fourth-order valence-electron chi connectivity index (χ4n) is 2.47. The van der Waals surface area contributed by atoms with Crippen LogP contribution in [0, 0.1) is 5.82 Å². The van der Waals surface area contributed by atoms with E-state index in [0.717, 1.165) is 11.3 Å². The van der Waals surface area contributed by atoms with E-state index in [4.69, 9.17) is 10.6 Å². The number of nitrogens with one attached hydrogen (secondary N) is 1. The Bertz CT molecular complexity index is 961. The quantitative estimate of drug-likeness (QED) is 0.467. The van der Waals surface area contributed by atoms with E-state index in [1.54, 1.807) is 26.2 Å². The van der Waals surface area contributed by atoms with Gasteiger partial charge in [0.2, 0.25) is 11.1 Å². The molecule has 2 aromatic carbocycles. The summed E-state index contributed by atoms with van der Waals surface area (Å²) in [5.41, 5.74) is 1.47. The highest BCUT2D eigenvalue weighted by molar-refractivity contribution is 8.00.